The molecule has 0 N–H and O–H groups in total. The summed E-state index contributed by atoms with van der Waals surface area (Å²) < 4.78 is 0. The third kappa shape index (κ3) is 3.43. The minimum Gasteiger partial charge on any atom is -0.0625 e. The van der Waals surface area contributed by atoms with Crippen LogP contribution in [-0.4, -0.2) is 0 Å². The van der Waals surface area contributed by atoms with Crippen LogP contribution >= 0.6 is 21.6 Å². The van der Waals surface area contributed by atoms with Gasteiger partial charge in [-0.15, -0.1) is 0 Å². The SMILES string of the molecule is CC(C)CC1=C(C(C)C)SSC=C1. The van der Waals surface area contributed by atoms with Gasteiger partial charge < -0.3 is 0 Å². The summed E-state index contributed by atoms with van der Waals surface area (Å²) in [7, 11) is 3.77. The quantitative estimate of drug-likeness (QED) is 0.616. The summed E-state index contributed by atoms with van der Waals surface area (Å²) in [5.41, 5.74) is 1.55. The van der Waals surface area contributed by atoms with Crippen LogP contribution in [0.3, 0.4) is 0 Å². The average Bonchev–Trinajstić information content (AvgIpc) is 2.03. The fraction of sp³-hybridized carbons (Fsp3) is 0.636. The van der Waals surface area contributed by atoms with Gasteiger partial charge in [-0.1, -0.05) is 55.4 Å². The van der Waals surface area contributed by atoms with Crippen molar-refractivity contribution in [2.75, 3.05) is 0 Å². The minimum atomic E-state index is 0.677. The molecule has 0 aromatic heterocycles. The van der Waals surface area contributed by atoms with Gasteiger partial charge in [-0.05, 0) is 29.2 Å². The van der Waals surface area contributed by atoms with Gasteiger partial charge in [0.25, 0.3) is 0 Å². The second-order valence-corrected chi connectivity index (χ2v) is 6.27. The molecule has 0 nitrogen and oxygen atoms in total. The third-order valence-corrected chi connectivity index (χ3v) is 4.35. The zero-order chi connectivity index (χ0) is 9.84. The highest BCUT2D eigenvalue weighted by molar-refractivity contribution is 8.79. The van der Waals surface area contributed by atoms with E-state index in [1.807, 2.05) is 21.6 Å². The Kier molecular flexibility index (Phi) is 4.47. The van der Waals surface area contributed by atoms with Gasteiger partial charge >= 0.3 is 0 Å². The fourth-order valence-electron chi connectivity index (χ4n) is 1.40. The van der Waals surface area contributed by atoms with E-state index < -0.39 is 0 Å². The van der Waals surface area contributed by atoms with Crippen LogP contribution in [0.25, 0.3) is 0 Å². The summed E-state index contributed by atoms with van der Waals surface area (Å²) >= 11 is 0. The molecule has 0 atom stereocenters. The van der Waals surface area contributed by atoms with Crippen LogP contribution in [0.2, 0.25) is 0 Å². The van der Waals surface area contributed by atoms with E-state index in [9.17, 15) is 0 Å². The molecule has 1 rings (SSSR count). The molecule has 1 heterocycles. The average molecular weight is 214 g/mol. The number of hydrogen-bond acceptors (Lipinski definition) is 2. The van der Waals surface area contributed by atoms with Crippen LogP contribution in [-0.2, 0) is 0 Å². The van der Waals surface area contributed by atoms with Gasteiger partial charge in [0.05, 0.1) is 0 Å². The Morgan fingerprint density at radius 1 is 1.23 bits per heavy atom. The summed E-state index contributed by atoms with van der Waals surface area (Å²) in [6.07, 6.45) is 3.51. The van der Waals surface area contributed by atoms with Crippen LogP contribution in [0.15, 0.2) is 22.0 Å². The van der Waals surface area contributed by atoms with E-state index in [1.165, 1.54) is 6.42 Å². The molecule has 0 spiro atoms. The van der Waals surface area contributed by atoms with Gasteiger partial charge in [0, 0.05) is 4.91 Å². The van der Waals surface area contributed by atoms with Crippen LogP contribution < -0.4 is 0 Å². The Hall–Kier alpha value is 0.180. The molecule has 13 heavy (non-hydrogen) atoms. The monoisotopic (exact) mass is 214 g/mol. The van der Waals surface area contributed by atoms with Crippen LogP contribution in [0.1, 0.15) is 34.1 Å². The summed E-state index contributed by atoms with van der Waals surface area (Å²) in [5.74, 6) is 1.44. The Morgan fingerprint density at radius 2 is 1.92 bits per heavy atom. The molecule has 0 aromatic carbocycles. The molecule has 0 saturated heterocycles. The second kappa shape index (κ2) is 5.16. The van der Waals surface area contributed by atoms with E-state index in [1.54, 1.807) is 10.5 Å². The van der Waals surface area contributed by atoms with Gasteiger partial charge in [-0.3, -0.25) is 0 Å². The van der Waals surface area contributed by atoms with Crippen molar-refractivity contribution in [2.45, 2.75) is 34.1 Å². The highest BCUT2D eigenvalue weighted by Crippen LogP contribution is 2.43. The van der Waals surface area contributed by atoms with Crippen LogP contribution in [0.4, 0.5) is 0 Å². The maximum Gasteiger partial charge on any atom is 0.00191 e. The van der Waals surface area contributed by atoms with Crippen LogP contribution in [0.5, 0.6) is 0 Å². The first kappa shape index (κ1) is 11.3. The lowest BCUT2D eigenvalue weighted by Gasteiger charge is -2.19. The van der Waals surface area contributed by atoms with E-state index in [-0.39, 0.29) is 0 Å². The van der Waals surface area contributed by atoms with Crippen LogP contribution in [0, 0.1) is 11.8 Å². The standard InChI is InChI=1S/C11H18S2/c1-8(2)7-10-5-6-12-13-11(10)9(3)4/h5-6,8-9H,7H2,1-4H3. The largest absolute Gasteiger partial charge is 0.0625 e. The van der Waals surface area contributed by atoms with Gasteiger partial charge in [0.15, 0.2) is 0 Å². The topological polar surface area (TPSA) is 0 Å². The number of hydrogen-bond donors (Lipinski definition) is 0. The van der Waals surface area contributed by atoms with Crippen molar-refractivity contribution in [3.63, 3.8) is 0 Å². The Balaban J connectivity index is 2.78. The molecule has 1 aliphatic heterocycles. The Labute approximate surface area is 89.6 Å². The molecule has 0 fully saturated rings. The van der Waals surface area contributed by atoms with E-state index in [0.717, 1.165) is 5.92 Å². The summed E-state index contributed by atoms with van der Waals surface area (Å²) in [4.78, 5) is 1.57. The number of rotatable bonds is 3. The minimum absolute atomic E-state index is 0.677. The lowest BCUT2D eigenvalue weighted by atomic mass is 9.99. The fourth-order valence-corrected chi connectivity index (χ4v) is 3.77. The van der Waals surface area contributed by atoms with E-state index in [2.05, 4.69) is 39.2 Å². The van der Waals surface area contributed by atoms with Crippen molar-refractivity contribution in [3.05, 3.63) is 22.0 Å². The predicted molar refractivity (Wildman–Crippen MR) is 65.6 cm³/mol. The van der Waals surface area contributed by atoms with Gasteiger partial charge in [0.1, 0.15) is 0 Å². The highest BCUT2D eigenvalue weighted by atomic mass is 33.1. The van der Waals surface area contributed by atoms with Crippen molar-refractivity contribution in [3.8, 4) is 0 Å². The van der Waals surface area contributed by atoms with Crippen molar-refractivity contribution >= 4 is 21.6 Å². The molecule has 0 bridgehead atoms. The maximum atomic E-state index is 2.29. The van der Waals surface area contributed by atoms with Gasteiger partial charge in [-0.25, -0.2) is 0 Å². The molecule has 1 aliphatic rings. The molecule has 0 amide bonds. The summed E-state index contributed by atoms with van der Waals surface area (Å²) in [5, 5.41) is 2.20. The molecule has 0 saturated carbocycles. The second-order valence-electron chi connectivity index (χ2n) is 4.12. The zero-order valence-electron chi connectivity index (χ0n) is 8.83. The normalized spacial score (nSPS) is 17.7. The van der Waals surface area contributed by atoms with E-state index in [0.29, 0.717) is 5.92 Å². The molecular formula is C11H18S2. The highest BCUT2D eigenvalue weighted by Gasteiger charge is 2.13. The van der Waals surface area contributed by atoms with E-state index >= 15 is 0 Å². The molecule has 0 aliphatic carbocycles. The molecule has 0 aromatic rings. The number of allylic oxidation sites excluding steroid dienone is 3. The molecule has 2 heteroatoms. The van der Waals surface area contributed by atoms with Crippen molar-refractivity contribution in [1.82, 2.24) is 0 Å². The Bertz CT molecular complexity index is 224. The maximum absolute atomic E-state index is 2.29. The Morgan fingerprint density at radius 3 is 2.46 bits per heavy atom. The predicted octanol–water partition coefficient (Wildman–Crippen LogP) is 4.85. The molecule has 0 radical (unpaired) electrons. The molecular weight excluding hydrogens is 196 g/mol. The van der Waals surface area contributed by atoms with E-state index in [4.69, 9.17) is 0 Å². The van der Waals surface area contributed by atoms with Crippen molar-refractivity contribution < 1.29 is 0 Å². The smallest absolute Gasteiger partial charge is 0.00191 e. The zero-order valence-corrected chi connectivity index (χ0v) is 10.5. The van der Waals surface area contributed by atoms with Crippen molar-refractivity contribution in [2.24, 2.45) is 11.8 Å². The van der Waals surface area contributed by atoms with Gasteiger partial charge in [0.2, 0.25) is 0 Å². The summed E-state index contributed by atoms with van der Waals surface area (Å²) in [6.45, 7) is 9.13. The molecule has 0 unspecified atom stereocenters. The molecule has 74 valence electrons. The lowest BCUT2D eigenvalue weighted by Crippen LogP contribution is -1.99. The first-order valence-electron chi connectivity index (χ1n) is 4.84. The van der Waals surface area contributed by atoms with Crippen molar-refractivity contribution in [1.29, 1.82) is 0 Å². The first-order valence-corrected chi connectivity index (χ1v) is 7.05. The third-order valence-electron chi connectivity index (χ3n) is 1.93. The van der Waals surface area contributed by atoms with Gasteiger partial charge in [-0.2, -0.15) is 0 Å². The first-order chi connectivity index (χ1) is 6.11. The lowest BCUT2D eigenvalue weighted by molar-refractivity contribution is 0.642. The summed E-state index contributed by atoms with van der Waals surface area (Å²) in [6, 6.07) is 0.